The van der Waals surface area contributed by atoms with E-state index >= 15 is 0 Å². The second-order valence-corrected chi connectivity index (χ2v) is 8.39. The van der Waals surface area contributed by atoms with Crippen LogP contribution in [0.25, 0.3) is 28.1 Å². The summed E-state index contributed by atoms with van der Waals surface area (Å²) in [5, 5.41) is 13.4. The Bertz CT molecular complexity index is 1500. The minimum Gasteiger partial charge on any atom is -0.497 e. The first kappa shape index (κ1) is 22.4. The van der Waals surface area contributed by atoms with Gasteiger partial charge in [-0.05, 0) is 54.8 Å². The van der Waals surface area contributed by atoms with E-state index < -0.39 is 0 Å². The van der Waals surface area contributed by atoms with Gasteiger partial charge in [-0.3, -0.25) is 4.79 Å². The molecule has 0 radical (unpaired) electrons. The van der Waals surface area contributed by atoms with E-state index in [0.717, 1.165) is 33.6 Å². The minimum atomic E-state index is -0.303. The average molecular weight is 471 g/mol. The molecule has 9 heteroatoms. The zero-order valence-electron chi connectivity index (χ0n) is 19.4. The normalized spacial score (nSPS) is 12.1. The van der Waals surface area contributed by atoms with E-state index in [1.54, 1.807) is 31.9 Å². The Morgan fingerprint density at radius 2 is 2.03 bits per heavy atom. The molecule has 0 aliphatic carbocycles. The third kappa shape index (κ3) is 4.53. The number of aliphatic hydroxyl groups is 1. The zero-order valence-corrected chi connectivity index (χ0v) is 19.4. The lowest BCUT2D eigenvalue weighted by atomic mass is 10.1. The molecule has 5 rings (SSSR count). The van der Waals surface area contributed by atoms with Gasteiger partial charge in [0, 0.05) is 24.3 Å². The van der Waals surface area contributed by atoms with E-state index in [-0.39, 0.29) is 18.2 Å². The Kier molecular flexibility index (Phi) is 6.07. The van der Waals surface area contributed by atoms with Crippen LogP contribution in [0.4, 0.5) is 5.69 Å². The highest BCUT2D eigenvalue weighted by Gasteiger charge is 2.18. The SMILES string of the molecule is COc1ccc(C[C@@H](CO)Nc2cc[nH]c(=O)c2-c2nc3c(C)cc(-n4ccnc4)cc3[nH]2)cc1. The van der Waals surface area contributed by atoms with Crippen molar-refractivity contribution in [2.24, 2.45) is 0 Å². The fraction of sp³-hybridized carbons (Fsp3) is 0.192. The third-order valence-electron chi connectivity index (χ3n) is 5.98. The zero-order chi connectivity index (χ0) is 24.4. The van der Waals surface area contributed by atoms with E-state index in [1.807, 2.05) is 54.1 Å². The van der Waals surface area contributed by atoms with Crippen LogP contribution in [0.3, 0.4) is 0 Å². The van der Waals surface area contributed by atoms with Crippen LogP contribution in [0, 0.1) is 6.92 Å². The van der Waals surface area contributed by atoms with Gasteiger partial charge in [0.05, 0.1) is 42.8 Å². The maximum atomic E-state index is 12.9. The number of ether oxygens (including phenoxy) is 1. The summed E-state index contributed by atoms with van der Waals surface area (Å²) in [7, 11) is 1.62. The first-order valence-corrected chi connectivity index (χ1v) is 11.3. The molecule has 0 aliphatic rings. The van der Waals surface area contributed by atoms with Crippen LogP contribution < -0.4 is 15.6 Å². The Labute approximate surface area is 201 Å². The molecule has 0 saturated heterocycles. The van der Waals surface area contributed by atoms with E-state index in [0.29, 0.717) is 23.5 Å². The van der Waals surface area contributed by atoms with Crippen molar-refractivity contribution in [2.45, 2.75) is 19.4 Å². The molecule has 0 amide bonds. The monoisotopic (exact) mass is 470 g/mol. The molecule has 1 atom stereocenters. The Morgan fingerprint density at radius 1 is 1.20 bits per heavy atom. The van der Waals surface area contributed by atoms with Crippen molar-refractivity contribution in [1.82, 2.24) is 24.5 Å². The molecular formula is C26H26N6O3. The Morgan fingerprint density at radius 3 is 2.74 bits per heavy atom. The molecule has 178 valence electrons. The summed E-state index contributed by atoms with van der Waals surface area (Å²) in [6, 6.07) is 13.2. The molecule has 35 heavy (non-hydrogen) atoms. The number of aromatic nitrogens is 5. The van der Waals surface area contributed by atoms with Crippen LogP contribution >= 0.6 is 0 Å². The smallest absolute Gasteiger partial charge is 0.261 e. The number of H-pyrrole nitrogens is 2. The number of hydrogen-bond acceptors (Lipinski definition) is 6. The van der Waals surface area contributed by atoms with E-state index in [2.05, 4.69) is 20.3 Å². The number of benzene rings is 2. The topological polar surface area (TPSA) is 121 Å². The second-order valence-electron chi connectivity index (χ2n) is 8.39. The number of aryl methyl sites for hydroxylation is 1. The predicted octanol–water partition coefficient (Wildman–Crippen LogP) is 3.44. The standard InChI is InChI=1S/C26H26N6O3/c1-16-11-19(32-10-9-27-15-32)13-22-24(16)31-25(30-22)23-21(7-8-28-26(23)34)29-18(14-33)12-17-3-5-20(35-2)6-4-17/h3-11,13,15,18,33H,12,14H2,1-2H3,(H,30,31)(H2,28,29,34)/t18-/m0/s1. The van der Waals surface area contributed by atoms with Gasteiger partial charge in [0.15, 0.2) is 0 Å². The third-order valence-corrected chi connectivity index (χ3v) is 5.98. The highest BCUT2D eigenvalue weighted by molar-refractivity contribution is 5.86. The van der Waals surface area contributed by atoms with Crippen molar-refractivity contribution in [2.75, 3.05) is 19.0 Å². The number of imidazole rings is 2. The van der Waals surface area contributed by atoms with Gasteiger partial charge in [-0.25, -0.2) is 9.97 Å². The van der Waals surface area contributed by atoms with Crippen molar-refractivity contribution in [3.63, 3.8) is 0 Å². The quantitative estimate of drug-likeness (QED) is 0.276. The fourth-order valence-corrected chi connectivity index (χ4v) is 4.21. The van der Waals surface area contributed by atoms with Gasteiger partial charge in [-0.15, -0.1) is 0 Å². The maximum absolute atomic E-state index is 12.9. The molecule has 0 spiro atoms. The van der Waals surface area contributed by atoms with Gasteiger partial charge in [-0.2, -0.15) is 0 Å². The second kappa shape index (κ2) is 9.47. The number of pyridine rings is 1. The van der Waals surface area contributed by atoms with Gasteiger partial charge >= 0.3 is 0 Å². The van der Waals surface area contributed by atoms with Gasteiger partial charge in [0.1, 0.15) is 17.1 Å². The fourth-order valence-electron chi connectivity index (χ4n) is 4.21. The molecule has 2 aromatic carbocycles. The molecule has 3 aromatic heterocycles. The molecule has 3 heterocycles. The maximum Gasteiger partial charge on any atom is 0.261 e. The molecule has 0 unspecified atom stereocenters. The number of methoxy groups -OCH3 is 1. The van der Waals surface area contributed by atoms with Crippen LogP contribution in [0.15, 0.2) is 72.2 Å². The number of fused-ring (bicyclic) bond motifs is 1. The van der Waals surface area contributed by atoms with Gasteiger partial charge in [0.2, 0.25) is 0 Å². The Hall–Kier alpha value is -4.37. The van der Waals surface area contributed by atoms with E-state index in [4.69, 9.17) is 9.72 Å². The molecule has 0 saturated carbocycles. The summed E-state index contributed by atoms with van der Waals surface area (Å²) in [5.41, 5.74) is 5.27. The molecule has 5 aromatic rings. The van der Waals surface area contributed by atoms with Crippen LogP contribution in [0.1, 0.15) is 11.1 Å². The lowest BCUT2D eigenvalue weighted by molar-refractivity contribution is 0.273. The predicted molar refractivity (Wildman–Crippen MR) is 135 cm³/mol. The van der Waals surface area contributed by atoms with Crippen molar-refractivity contribution in [1.29, 1.82) is 0 Å². The largest absolute Gasteiger partial charge is 0.497 e. The number of aromatic amines is 2. The first-order chi connectivity index (χ1) is 17.1. The molecular weight excluding hydrogens is 444 g/mol. The summed E-state index contributed by atoms with van der Waals surface area (Å²) in [5.74, 6) is 1.23. The number of nitrogens with zero attached hydrogens (tertiary/aromatic N) is 3. The summed E-state index contributed by atoms with van der Waals surface area (Å²) in [6.45, 7) is 1.88. The summed E-state index contributed by atoms with van der Waals surface area (Å²) in [4.78, 5) is 27.8. The van der Waals surface area contributed by atoms with Crippen LogP contribution in [-0.2, 0) is 6.42 Å². The lowest BCUT2D eigenvalue weighted by Crippen LogP contribution is -2.28. The number of anilines is 1. The van der Waals surface area contributed by atoms with Gasteiger partial charge < -0.3 is 29.7 Å². The highest BCUT2D eigenvalue weighted by atomic mass is 16.5. The van der Waals surface area contributed by atoms with Crippen molar-refractivity contribution in [3.05, 3.63) is 88.9 Å². The number of aliphatic hydroxyl groups excluding tert-OH is 1. The van der Waals surface area contributed by atoms with Gasteiger partial charge in [0.25, 0.3) is 5.56 Å². The summed E-state index contributed by atoms with van der Waals surface area (Å²) >= 11 is 0. The lowest BCUT2D eigenvalue weighted by Gasteiger charge is -2.19. The number of hydrogen-bond donors (Lipinski definition) is 4. The van der Waals surface area contributed by atoms with Gasteiger partial charge in [-0.1, -0.05) is 12.1 Å². The molecule has 4 N–H and O–H groups in total. The van der Waals surface area contributed by atoms with Crippen LogP contribution in [-0.4, -0.2) is 49.4 Å². The first-order valence-electron chi connectivity index (χ1n) is 11.3. The minimum absolute atomic E-state index is 0.105. The number of nitrogens with one attached hydrogen (secondary N) is 3. The van der Waals surface area contributed by atoms with Crippen molar-refractivity contribution < 1.29 is 9.84 Å². The van der Waals surface area contributed by atoms with Crippen LogP contribution in [0.2, 0.25) is 0 Å². The average Bonchev–Trinajstić information content (AvgIpc) is 3.55. The van der Waals surface area contributed by atoms with E-state index in [9.17, 15) is 9.90 Å². The number of rotatable bonds is 8. The Balaban J connectivity index is 1.49. The molecule has 0 fully saturated rings. The molecule has 9 nitrogen and oxygen atoms in total. The van der Waals surface area contributed by atoms with Crippen LogP contribution in [0.5, 0.6) is 5.75 Å². The van der Waals surface area contributed by atoms with Crippen molar-refractivity contribution >= 4 is 16.7 Å². The van der Waals surface area contributed by atoms with Crippen molar-refractivity contribution in [3.8, 4) is 22.8 Å². The highest BCUT2D eigenvalue weighted by Crippen LogP contribution is 2.28. The van der Waals surface area contributed by atoms with E-state index in [1.165, 1.54) is 0 Å². The summed E-state index contributed by atoms with van der Waals surface area (Å²) < 4.78 is 7.13. The summed E-state index contributed by atoms with van der Waals surface area (Å²) in [6.07, 6.45) is 7.49. The molecule has 0 bridgehead atoms. The molecule has 0 aliphatic heterocycles.